The number of aromatic amines is 1. The molecule has 0 spiro atoms. The highest BCUT2D eigenvalue weighted by molar-refractivity contribution is 8.00. The lowest BCUT2D eigenvalue weighted by Gasteiger charge is -2.37. The molecule has 1 amide bonds. The van der Waals surface area contributed by atoms with Gasteiger partial charge in [0.2, 0.25) is 5.91 Å². The first kappa shape index (κ1) is 29.5. The number of carbonyl (C=O) groups excluding carboxylic acids is 1. The van der Waals surface area contributed by atoms with Gasteiger partial charge in [0.1, 0.15) is 11.0 Å². The number of aryl methyl sites for hydroxylation is 1. The fraction of sp³-hybridized carbons (Fsp3) is 0.560. The standard InChI is InChI=1S/C25H34N6O6S/c1-17-15-27-25(33)29-23(17)38-22(16-37-13-12-36-11-10-35-9-7-28-30-26)24(32)31-8-6-19-14-20(34-3)4-5-21(19)18(31)2/h4-5,14-15,18,22H,6-13,16H2,1-3H3,(H,27,29,33)/t18-,22?/m1/s1. The molecule has 0 radical (unpaired) electrons. The molecule has 13 heteroatoms. The fourth-order valence-corrected chi connectivity index (χ4v) is 5.13. The van der Waals surface area contributed by atoms with E-state index < -0.39 is 10.9 Å². The molecule has 0 bridgehead atoms. The number of azide groups is 1. The predicted molar refractivity (Wildman–Crippen MR) is 143 cm³/mol. The Morgan fingerprint density at radius 2 is 2.00 bits per heavy atom. The van der Waals surface area contributed by atoms with Crippen molar-refractivity contribution >= 4 is 17.7 Å². The van der Waals surface area contributed by atoms with Crippen LogP contribution in [0.5, 0.6) is 5.75 Å². The number of H-pyrrole nitrogens is 1. The molecule has 12 nitrogen and oxygen atoms in total. The number of carbonyl (C=O) groups is 1. The van der Waals surface area contributed by atoms with E-state index in [-0.39, 0.29) is 25.1 Å². The molecule has 1 aliphatic rings. The summed E-state index contributed by atoms with van der Waals surface area (Å²) in [4.78, 5) is 36.6. The van der Waals surface area contributed by atoms with Crippen LogP contribution in [-0.2, 0) is 25.4 Å². The first-order chi connectivity index (χ1) is 18.4. The van der Waals surface area contributed by atoms with Crippen molar-refractivity contribution in [3.05, 3.63) is 62.0 Å². The third-order valence-corrected chi connectivity index (χ3v) is 7.36. The summed E-state index contributed by atoms with van der Waals surface area (Å²) in [6, 6.07) is 5.84. The van der Waals surface area contributed by atoms with E-state index in [4.69, 9.17) is 24.5 Å². The van der Waals surface area contributed by atoms with E-state index in [0.717, 1.165) is 23.3 Å². The van der Waals surface area contributed by atoms with Gasteiger partial charge in [-0.25, -0.2) is 9.78 Å². The summed E-state index contributed by atoms with van der Waals surface area (Å²) in [5, 5.41) is 3.41. The summed E-state index contributed by atoms with van der Waals surface area (Å²) in [6.07, 6.45) is 2.23. The van der Waals surface area contributed by atoms with E-state index in [1.54, 1.807) is 7.11 Å². The first-order valence-corrected chi connectivity index (χ1v) is 13.3. The summed E-state index contributed by atoms with van der Waals surface area (Å²) in [6.45, 7) is 6.61. The minimum absolute atomic E-state index is 0.0598. The number of nitrogens with zero attached hydrogens (tertiary/aromatic N) is 5. The highest BCUT2D eigenvalue weighted by Crippen LogP contribution is 2.34. The van der Waals surface area contributed by atoms with Crippen LogP contribution < -0.4 is 10.4 Å². The Kier molecular flexibility index (Phi) is 11.9. The second-order valence-corrected chi connectivity index (χ2v) is 9.80. The van der Waals surface area contributed by atoms with Gasteiger partial charge in [-0.3, -0.25) is 4.79 Å². The number of rotatable bonds is 15. The molecule has 2 heterocycles. The van der Waals surface area contributed by atoms with Crippen molar-refractivity contribution in [2.75, 3.05) is 59.8 Å². The van der Waals surface area contributed by atoms with Crippen LogP contribution >= 0.6 is 11.8 Å². The average Bonchev–Trinajstić information content (AvgIpc) is 2.92. The zero-order chi connectivity index (χ0) is 27.3. The third-order valence-electron chi connectivity index (χ3n) is 6.07. The molecule has 1 N–H and O–H groups in total. The number of benzene rings is 1. The lowest BCUT2D eigenvalue weighted by molar-refractivity contribution is -0.134. The topological polar surface area (TPSA) is 152 Å². The summed E-state index contributed by atoms with van der Waals surface area (Å²) in [7, 11) is 1.64. The monoisotopic (exact) mass is 546 g/mol. The Morgan fingerprint density at radius 1 is 1.26 bits per heavy atom. The van der Waals surface area contributed by atoms with Gasteiger partial charge in [0.15, 0.2) is 0 Å². The van der Waals surface area contributed by atoms with Crippen LogP contribution in [-0.4, -0.2) is 85.9 Å². The molecular weight excluding hydrogens is 512 g/mol. The quantitative estimate of drug-likeness (QED) is 0.0894. The minimum Gasteiger partial charge on any atom is -0.497 e. The molecule has 2 aromatic rings. The Balaban J connectivity index is 1.59. The molecule has 1 unspecified atom stereocenters. The molecule has 1 aliphatic heterocycles. The third kappa shape index (κ3) is 8.47. The van der Waals surface area contributed by atoms with Gasteiger partial charge >= 0.3 is 5.69 Å². The van der Waals surface area contributed by atoms with Crippen LogP contribution in [0.25, 0.3) is 10.4 Å². The number of methoxy groups -OCH3 is 1. The number of fused-ring (bicyclic) bond motifs is 1. The van der Waals surface area contributed by atoms with E-state index >= 15 is 0 Å². The Bertz CT molecular complexity index is 1170. The van der Waals surface area contributed by atoms with E-state index in [2.05, 4.69) is 20.0 Å². The molecule has 3 rings (SSSR count). The van der Waals surface area contributed by atoms with Crippen LogP contribution in [0.2, 0.25) is 0 Å². The van der Waals surface area contributed by atoms with Gasteiger partial charge in [-0.05, 0) is 54.6 Å². The average molecular weight is 547 g/mol. The SMILES string of the molecule is COc1ccc2c(c1)CCN(C(=O)C(COCCOCCOCCN=[N+]=[N-])Sc1[nH]c(=O)ncc1C)[C@@H]2C. The summed E-state index contributed by atoms with van der Waals surface area (Å²) in [5.41, 5.74) is 10.8. The molecule has 1 aromatic carbocycles. The van der Waals surface area contributed by atoms with Crippen molar-refractivity contribution in [2.45, 2.75) is 36.6 Å². The first-order valence-electron chi connectivity index (χ1n) is 12.4. The lowest BCUT2D eigenvalue weighted by Crippen LogP contribution is -2.44. The van der Waals surface area contributed by atoms with Crippen molar-refractivity contribution in [1.82, 2.24) is 14.9 Å². The Morgan fingerprint density at radius 3 is 2.74 bits per heavy atom. The number of ether oxygens (including phenoxy) is 4. The zero-order valence-corrected chi connectivity index (χ0v) is 22.7. The van der Waals surface area contributed by atoms with Crippen LogP contribution in [0.3, 0.4) is 0 Å². The van der Waals surface area contributed by atoms with E-state index in [1.807, 2.05) is 36.9 Å². The zero-order valence-electron chi connectivity index (χ0n) is 21.9. The summed E-state index contributed by atoms with van der Waals surface area (Å²) >= 11 is 1.28. The molecule has 206 valence electrons. The van der Waals surface area contributed by atoms with Crippen molar-refractivity contribution in [3.63, 3.8) is 0 Å². The molecule has 0 saturated carbocycles. The van der Waals surface area contributed by atoms with E-state index in [1.165, 1.54) is 23.5 Å². The number of amides is 1. The largest absolute Gasteiger partial charge is 0.497 e. The minimum atomic E-state index is -0.571. The molecule has 0 fully saturated rings. The highest BCUT2D eigenvalue weighted by atomic mass is 32.2. The van der Waals surface area contributed by atoms with Gasteiger partial charge in [-0.2, -0.15) is 0 Å². The van der Waals surface area contributed by atoms with Crippen molar-refractivity contribution in [1.29, 1.82) is 0 Å². The molecule has 0 aliphatic carbocycles. The van der Waals surface area contributed by atoms with Gasteiger partial charge in [0, 0.05) is 24.2 Å². The van der Waals surface area contributed by atoms with E-state index in [9.17, 15) is 9.59 Å². The van der Waals surface area contributed by atoms with E-state index in [0.29, 0.717) is 44.6 Å². The summed E-state index contributed by atoms with van der Waals surface area (Å²) in [5.74, 6) is 0.743. The molecule has 0 saturated heterocycles. The maximum Gasteiger partial charge on any atom is 0.345 e. The Hall–Kier alpha value is -3.09. The maximum atomic E-state index is 13.8. The predicted octanol–water partition coefficient (Wildman–Crippen LogP) is 3.05. The smallest absolute Gasteiger partial charge is 0.345 e. The molecular formula is C25H34N6O6S. The van der Waals surface area contributed by atoms with Crippen molar-refractivity contribution in [3.8, 4) is 5.75 Å². The van der Waals surface area contributed by atoms with Crippen LogP contribution in [0.15, 0.2) is 39.3 Å². The van der Waals surface area contributed by atoms with Gasteiger partial charge in [0.05, 0.1) is 57.8 Å². The van der Waals surface area contributed by atoms with Crippen molar-refractivity contribution < 1.29 is 23.7 Å². The van der Waals surface area contributed by atoms with Crippen molar-refractivity contribution in [2.24, 2.45) is 5.11 Å². The van der Waals surface area contributed by atoms with Gasteiger partial charge in [-0.15, -0.1) is 0 Å². The lowest BCUT2D eigenvalue weighted by atomic mass is 9.93. The van der Waals surface area contributed by atoms with Gasteiger partial charge in [-0.1, -0.05) is 22.9 Å². The number of nitrogens with one attached hydrogen (secondary N) is 1. The molecule has 38 heavy (non-hydrogen) atoms. The van der Waals surface area contributed by atoms with Gasteiger partial charge < -0.3 is 28.8 Å². The van der Waals surface area contributed by atoms with Crippen LogP contribution in [0.4, 0.5) is 0 Å². The number of hydrogen-bond acceptors (Lipinski definition) is 9. The second kappa shape index (κ2) is 15.4. The molecule has 2 atom stereocenters. The van der Waals surface area contributed by atoms with Gasteiger partial charge in [0.25, 0.3) is 0 Å². The maximum absolute atomic E-state index is 13.8. The highest BCUT2D eigenvalue weighted by Gasteiger charge is 2.33. The number of thioether (sulfide) groups is 1. The Labute approximate surface area is 225 Å². The molecule has 1 aromatic heterocycles. The number of aromatic nitrogens is 2. The fourth-order valence-electron chi connectivity index (χ4n) is 4.06. The summed E-state index contributed by atoms with van der Waals surface area (Å²) < 4.78 is 22.0. The van der Waals surface area contributed by atoms with Crippen LogP contribution in [0, 0.1) is 6.92 Å². The number of hydrogen-bond donors (Lipinski definition) is 1. The normalized spacial score (nSPS) is 15.4. The second-order valence-electron chi connectivity index (χ2n) is 8.58. The van der Waals surface area contributed by atoms with Crippen LogP contribution in [0.1, 0.15) is 29.7 Å².